The molecule has 0 aromatic rings. The molecule has 8 unspecified atom stereocenters. The van der Waals surface area contributed by atoms with Crippen molar-refractivity contribution in [2.75, 3.05) is 21.1 Å². The predicted molar refractivity (Wildman–Crippen MR) is 116 cm³/mol. The molecule has 3 fully saturated rings. The lowest BCUT2D eigenvalue weighted by atomic mass is 9.51. The van der Waals surface area contributed by atoms with E-state index in [1.165, 1.54) is 0 Å². The fourth-order valence-electron chi connectivity index (χ4n) is 6.62. The van der Waals surface area contributed by atoms with Gasteiger partial charge in [0.25, 0.3) is 0 Å². The molecule has 1 saturated heterocycles. The standard InChI is InChI=1S/C23H45N3O2/c1-20(2,24-6)17-11-14-23(5,28-17)16-10-12-21(3,25-7)15-9-13-22(4,26-8)19(27)18(15)16/h15-19,24-27H,9-14H2,1-8H3. The lowest BCUT2D eigenvalue weighted by molar-refractivity contribution is -0.174. The quantitative estimate of drug-likeness (QED) is 0.576. The van der Waals surface area contributed by atoms with Crippen molar-refractivity contribution in [3.8, 4) is 0 Å². The summed E-state index contributed by atoms with van der Waals surface area (Å²) in [6, 6.07) is 0. The fraction of sp³-hybridized carbons (Fsp3) is 1.00. The Kier molecular flexibility index (Phi) is 6.02. The van der Waals surface area contributed by atoms with E-state index in [9.17, 15) is 5.11 Å². The first-order valence-electron chi connectivity index (χ1n) is 11.4. The van der Waals surface area contributed by atoms with Crippen LogP contribution in [0.25, 0.3) is 0 Å². The third kappa shape index (κ3) is 3.45. The van der Waals surface area contributed by atoms with Crippen LogP contribution in [0.1, 0.15) is 73.1 Å². The number of hydrogen-bond acceptors (Lipinski definition) is 5. The van der Waals surface area contributed by atoms with Crippen LogP contribution in [0.15, 0.2) is 0 Å². The molecule has 2 saturated carbocycles. The van der Waals surface area contributed by atoms with Crippen LogP contribution in [0.2, 0.25) is 0 Å². The minimum absolute atomic E-state index is 0.0318. The molecule has 0 radical (unpaired) electrons. The van der Waals surface area contributed by atoms with Gasteiger partial charge in [-0.25, -0.2) is 0 Å². The van der Waals surface area contributed by atoms with E-state index < -0.39 is 0 Å². The second-order valence-corrected chi connectivity index (χ2v) is 11.1. The van der Waals surface area contributed by atoms with Gasteiger partial charge in [0, 0.05) is 16.6 Å². The number of aliphatic hydroxyl groups is 1. The van der Waals surface area contributed by atoms with Crippen LogP contribution in [0.5, 0.6) is 0 Å². The summed E-state index contributed by atoms with van der Waals surface area (Å²) in [7, 11) is 6.12. The van der Waals surface area contributed by atoms with Crippen molar-refractivity contribution >= 4 is 0 Å². The van der Waals surface area contributed by atoms with E-state index in [0.29, 0.717) is 11.8 Å². The Bertz CT molecular complexity index is 570. The third-order valence-corrected chi connectivity index (χ3v) is 9.40. The molecule has 0 amide bonds. The maximum Gasteiger partial charge on any atom is 0.0759 e. The molecule has 5 nitrogen and oxygen atoms in total. The number of nitrogens with one attached hydrogen (secondary N) is 3. The van der Waals surface area contributed by atoms with Crippen molar-refractivity contribution in [3.05, 3.63) is 0 Å². The summed E-state index contributed by atoms with van der Waals surface area (Å²) in [5.74, 6) is 1.11. The van der Waals surface area contributed by atoms with Gasteiger partial charge in [0.2, 0.25) is 0 Å². The van der Waals surface area contributed by atoms with Gasteiger partial charge in [-0.15, -0.1) is 0 Å². The van der Waals surface area contributed by atoms with Crippen molar-refractivity contribution in [3.63, 3.8) is 0 Å². The maximum absolute atomic E-state index is 11.6. The second kappa shape index (κ2) is 7.49. The first kappa shape index (κ1) is 22.5. The molecule has 2 aliphatic carbocycles. The van der Waals surface area contributed by atoms with Crippen molar-refractivity contribution in [1.82, 2.24) is 16.0 Å². The van der Waals surface area contributed by atoms with Gasteiger partial charge in [-0.2, -0.15) is 0 Å². The molecule has 0 aromatic heterocycles. The van der Waals surface area contributed by atoms with Crippen LogP contribution in [-0.2, 0) is 4.74 Å². The van der Waals surface area contributed by atoms with E-state index in [0.717, 1.165) is 38.5 Å². The van der Waals surface area contributed by atoms with Gasteiger partial charge >= 0.3 is 0 Å². The summed E-state index contributed by atoms with van der Waals surface area (Å²) >= 11 is 0. The average molecular weight is 396 g/mol. The van der Waals surface area contributed by atoms with Crippen molar-refractivity contribution < 1.29 is 9.84 Å². The molecule has 164 valence electrons. The fourth-order valence-corrected chi connectivity index (χ4v) is 6.62. The molecule has 5 heteroatoms. The minimum atomic E-state index is -0.356. The number of ether oxygens (including phenoxy) is 1. The van der Waals surface area contributed by atoms with Crippen molar-refractivity contribution in [2.45, 2.75) is 108 Å². The van der Waals surface area contributed by atoms with E-state index in [-0.39, 0.29) is 40.3 Å². The predicted octanol–water partition coefficient (Wildman–Crippen LogP) is 2.68. The number of aliphatic hydroxyl groups excluding tert-OH is 1. The molecule has 0 bridgehead atoms. The third-order valence-electron chi connectivity index (χ3n) is 9.40. The number of rotatable bonds is 5. The Balaban J connectivity index is 1.92. The van der Waals surface area contributed by atoms with Crippen LogP contribution >= 0.6 is 0 Å². The zero-order valence-electron chi connectivity index (χ0n) is 19.5. The molecule has 8 atom stereocenters. The largest absolute Gasteiger partial charge is 0.391 e. The van der Waals surface area contributed by atoms with Crippen LogP contribution in [0, 0.1) is 17.8 Å². The molecule has 0 aromatic carbocycles. The highest BCUT2D eigenvalue weighted by Crippen LogP contribution is 2.56. The summed E-state index contributed by atoms with van der Waals surface area (Å²) in [6.07, 6.45) is 6.45. The Morgan fingerprint density at radius 2 is 1.43 bits per heavy atom. The Hall–Kier alpha value is -0.200. The molecule has 0 spiro atoms. The van der Waals surface area contributed by atoms with Gasteiger partial charge in [0.05, 0.1) is 17.8 Å². The zero-order chi connectivity index (χ0) is 21.0. The summed E-state index contributed by atoms with van der Waals surface area (Å²) in [5.41, 5.74) is -0.320. The van der Waals surface area contributed by atoms with Gasteiger partial charge in [0.1, 0.15) is 0 Å². The minimum Gasteiger partial charge on any atom is -0.391 e. The van der Waals surface area contributed by atoms with E-state index >= 15 is 0 Å². The molecular weight excluding hydrogens is 350 g/mol. The lowest BCUT2D eigenvalue weighted by Crippen LogP contribution is -2.68. The SMILES string of the molecule is CNC(C)(C)C1CCC(C)(C2CCC(C)(NC)C3CCC(C)(NC)C(O)C32)O1. The van der Waals surface area contributed by atoms with Crippen LogP contribution in [0.3, 0.4) is 0 Å². The summed E-state index contributed by atoms with van der Waals surface area (Å²) < 4.78 is 6.83. The molecule has 1 heterocycles. The maximum atomic E-state index is 11.6. The van der Waals surface area contributed by atoms with Crippen molar-refractivity contribution in [1.29, 1.82) is 0 Å². The highest BCUT2D eigenvalue weighted by atomic mass is 16.5. The smallest absolute Gasteiger partial charge is 0.0759 e. The van der Waals surface area contributed by atoms with E-state index in [4.69, 9.17) is 4.74 Å². The number of fused-ring (bicyclic) bond motifs is 1. The highest BCUT2D eigenvalue weighted by Gasteiger charge is 2.60. The van der Waals surface area contributed by atoms with Crippen LogP contribution < -0.4 is 16.0 Å². The van der Waals surface area contributed by atoms with Gasteiger partial charge in [0.15, 0.2) is 0 Å². The monoisotopic (exact) mass is 395 g/mol. The Labute approximate surface area is 172 Å². The zero-order valence-corrected chi connectivity index (χ0v) is 19.5. The second-order valence-electron chi connectivity index (χ2n) is 11.1. The normalized spacial score (nSPS) is 49.8. The van der Waals surface area contributed by atoms with E-state index in [1.54, 1.807) is 0 Å². The highest BCUT2D eigenvalue weighted by molar-refractivity contribution is 5.13. The topological polar surface area (TPSA) is 65.5 Å². The van der Waals surface area contributed by atoms with Gasteiger partial charge in [-0.3, -0.25) is 0 Å². The number of likely N-dealkylation sites (N-methyl/N-ethyl adjacent to an activating group) is 2. The first-order valence-corrected chi connectivity index (χ1v) is 11.4. The molecule has 3 rings (SSSR count). The lowest BCUT2D eigenvalue weighted by Gasteiger charge is -2.60. The molecule has 3 aliphatic rings. The molecule has 28 heavy (non-hydrogen) atoms. The van der Waals surface area contributed by atoms with Gasteiger partial charge in [-0.05, 0) is 112 Å². The van der Waals surface area contributed by atoms with Gasteiger partial charge < -0.3 is 25.8 Å². The average Bonchev–Trinajstić information content (AvgIpc) is 3.09. The number of hydrogen-bond donors (Lipinski definition) is 4. The summed E-state index contributed by atoms with van der Waals surface area (Å²) in [4.78, 5) is 0. The molecule has 4 N–H and O–H groups in total. The summed E-state index contributed by atoms with van der Waals surface area (Å²) in [6.45, 7) is 11.3. The molecular formula is C23H45N3O2. The van der Waals surface area contributed by atoms with Gasteiger partial charge in [-0.1, -0.05) is 0 Å². The van der Waals surface area contributed by atoms with Crippen molar-refractivity contribution in [2.24, 2.45) is 17.8 Å². The first-order chi connectivity index (χ1) is 13.0. The van der Waals surface area contributed by atoms with Crippen LogP contribution in [-0.4, -0.2) is 60.7 Å². The van der Waals surface area contributed by atoms with E-state index in [2.05, 4.69) is 57.6 Å². The molecule has 1 aliphatic heterocycles. The van der Waals surface area contributed by atoms with E-state index in [1.807, 2.05) is 14.1 Å². The van der Waals surface area contributed by atoms with Crippen LogP contribution in [0.4, 0.5) is 0 Å². The Morgan fingerprint density at radius 3 is 2.00 bits per heavy atom. The Morgan fingerprint density at radius 1 is 0.857 bits per heavy atom. The summed E-state index contributed by atoms with van der Waals surface area (Å²) in [5, 5.41) is 22.1.